The monoisotopic (exact) mass is 209 g/mol. The molecule has 2 rings (SSSR count). The summed E-state index contributed by atoms with van der Waals surface area (Å²) in [6, 6.07) is 1.22. The van der Waals surface area contributed by atoms with E-state index >= 15 is 0 Å². The number of ketones is 1. The van der Waals surface area contributed by atoms with E-state index in [0.717, 1.165) is 31.3 Å². The molecule has 2 heteroatoms. The normalized spacial score (nSPS) is 30.5. The Morgan fingerprint density at radius 2 is 2.20 bits per heavy atom. The van der Waals surface area contributed by atoms with Crippen molar-refractivity contribution >= 4 is 5.78 Å². The Morgan fingerprint density at radius 1 is 1.47 bits per heavy atom. The number of hydrogen-bond donors (Lipinski definition) is 0. The molecule has 1 aliphatic carbocycles. The predicted octanol–water partition coefficient (Wildman–Crippen LogP) is 2.62. The van der Waals surface area contributed by atoms with Gasteiger partial charge in [0, 0.05) is 31.5 Å². The van der Waals surface area contributed by atoms with E-state index in [1.807, 2.05) is 0 Å². The third-order valence-corrected chi connectivity index (χ3v) is 3.98. The lowest BCUT2D eigenvalue weighted by atomic mass is 9.96. The quantitative estimate of drug-likeness (QED) is 0.709. The molecule has 2 aliphatic rings. The molecule has 0 N–H and O–H groups in total. The van der Waals surface area contributed by atoms with Crippen LogP contribution in [0.3, 0.4) is 0 Å². The molecular formula is C13H23NO. The summed E-state index contributed by atoms with van der Waals surface area (Å²) in [4.78, 5) is 13.9. The van der Waals surface area contributed by atoms with Crippen LogP contribution in [0.25, 0.3) is 0 Å². The molecule has 0 bridgehead atoms. The summed E-state index contributed by atoms with van der Waals surface area (Å²) in [6.07, 6.45) is 7.06. The van der Waals surface area contributed by atoms with E-state index in [0.29, 0.717) is 11.8 Å². The zero-order valence-electron chi connectivity index (χ0n) is 10.0. The highest BCUT2D eigenvalue weighted by atomic mass is 16.1. The maximum absolute atomic E-state index is 11.3. The van der Waals surface area contributed by atoms with Gasteiger partial charge in [-0.05, 0) is 25.7 Å². The molecule has 1 saturated carbocycles. The number of Topliss-reactive ketones (excluding diaryl/α,β-unsaturated/α-hetero) is 1. The molecule has 2 fully saturated rings. The fourth-order valence-corrected chi connectivity index (χ4v) is 2.84. The zero-order chi connectivity index (χ0) is 10.8. The molecule has 0 aromatic rings. The Balaban J connectivity index is 1.90. The minimum absolute atomic E-state index is 0.458. The van der Waals surface area contributed by atoms with Crippen LogP contribution in [0.4, 0.5) is 0 Å². The molecule has 0 amide bonds. The van der Waals surface area contributed by atoms with E-state index in [9.17, 15) is 4.79 Å². The minimum atomic E-state index is 0.458. The first-order chi connectivity index (χ1) is 7.20. The molecule has 1 aliphatic heterocycles. The van der Waals surface area contributed by atoms with Gasteiger partial charge >= 0.3 is 0 Å². The molecule has 2 nitrogen and oxygen atoms in total. The van der Waals surface area contributed by atoms with Gasteiger partial charge in [-0.15, -0.1) is 0 Å². The Hall–Kier alpha value is -0.370. The molecule has 1 heterocycles. The van der Waals surface area contributed by atoms with E-state index in [1.165, 1.54) is 25.7 Å². The van der Waals surface area contributed by atoms with Crippen LogP contribution in [0.1, 0.15) is 52.4 Å². The van der Waals surface area contributed by atoms with Crippen LogP contribution in [-0.2, 0) is 4.79 Å². The van der Waals surface area contributed by atoms with Gasteiger partial charge in [0.05, 0.1) is 0 Å². The lowest BCUT2D eigenvalue weighted by molar-refractivity contribution is -0.123. The van der Waals surface area contributed by atoms with Crippen LogP contribution >= 0.6 is 0 Å². The van der Waals surface area contributed by atoms with Gasteiger partial charge in [0.2, 0.25) is 0 Å². The number of nitrogens with zero attached hydrogens (tertiary/aromatic N) is 1. The molecule has 2 unspecified atom stereocenters. The molecule has 0 aromatic heterocycles. The molecule has 86 valence electrons. The first-order valence-electron chi connectivity index (χ1n) is 6.48. The smallest absolute Gasteiger partial charge is 0.135 e. The standard InChI is InChI=1S/C13H23NO/c1-3-12(9-11-4-5-11)14-7-6-13(15)8-10(14)2/h10-12H,3-9H2,1-2H3. The van der Waals surface area contributed by atoms with E-state index in [2.05, 4.69) is 18.7 Å². The van der Waals surface area contributed by atoms with Crippen LogP contribution in [0.15, 0.2) is 0 Å². The first-order valence-corrected chi connectivity index (χ1v) is 6.48. The van der Waals surface area contributed by atoms with Crippen molar-refractivity contribution < 1.29 is 4.79 Å². The molecule has 15 heavy (non-hydrogen) atoms. The number of likely N-dealkylation sites (tertiary alicyclic amines) is 1. The van der Waals surface area contributed by atoms with E-state index in [4.69, 9.17) is 0 Å². The van der Waals surface area contributed by atoms with Crippen molar-refractivity contribution in [3.8, 4) is 0 Å². The van der Waals surface area contributed by atoms with Crippen LogP contribution in [0.2, 0.25) is 0 Å². The fourth-order valence-electron chi connectivity index (χ4n) is 2.84. The molecule has 0 aromatic carbocycles. The second kappa shape index (κ2) is 4.65. The van der Waals surface area contributed by atoms with E-state index in [1.54, 1.807) is 0 Å². The second-order valence-corrected chi connectivity index (χ2v) is 5.32. The molecule has 1 saturated heterocycles. The summed E-state index contributed by atoms with van der Waals surface area (Å²) in [7, 11) is 0. The fraction of sp³-hybridized carbons (Fsp3) is 0.923. The summed E-state index contributed by atoms with van der Waals surface area (Å²) in [6.45, 7) is 5.51. The van der Waals surface area contributed by atoms with Crippen molar-refractivity contribution in [1.29, 1.82) is 0 Å². The van der Waals surface area contributed by atoms with Crippen molar-refractivity contribution in [2.75, 3.05) is 6.54 Å². The number of piperidine rings is 1. The number of hydrogen-bond acceptors (Lipinski definition) is 2. The molecular weight excluding hydrogens is 186 g/mol. The average molecular weight is 209 g/mol. The summed E-state index contributed by atoms with van der Waals surface area (Å²) in [5.41, 5.74) is 0. The lowest BCUT2D eigenvalue weighted by Crippen LogP contribution is -2.47. The van der Waals surface area contributed by atoms with Gasteiger partial charge in [0.15, 0.2) is 0 Å². The Bertz CT molecular complexity index is 235. The van der Waals surface area contributed by atoms with Gasteiger partial charge in [-0.25, -0.2) is 0 Å². The topological polar surface area (TPSA) is 20.3 Å². The summed E-state index contributed by atoms with van der Waals surface area (Å²) in [5, 5.41) is 0. The average Bonchev–Trinajstić information content (AvgIpc) is 2.99. The van der Waals surface area contributed by atoms with Gasteiger partial charge < -0.3 is 0 Å². The van der Waals surface area contributed by atoms with Crippen LogP contribution < -0.4 is 0 Å². The van der Waals surface area contributed by atoms with Crippen molar-refractivity contribution in [1.82, 2.24) is 4.90 Å². The third kappa shape index (κ3) is 2.81. The number of carbonyl (C=O) groups excluding carboxylic acids is 1. The summed E-state index contributed by atoms with van der Waals surface area (Å²) in [5.74, 6) is 1.46. The molecule has 2 atom stereocenters. The maximum Gasteiger partial charge on any atom is 0.135 e. The summed E-state index contributed by atoms with van der Waals surface area (Å²) >= 11 is 0. The number of rotatable bonds is 4. The minimum Gasteiger partial charge on any atom is -0.300 e. The van der Waals surface area contributed by atoms with E-state index < -0.39 is 0 Å². The zero-order valence-corrected chi connectivity index (χ0v) is 10.0. The Morgan fingerprint density at radius 3 is 2.73 bits per heavy atom. The maximum atomic E-state index is 11.3. The highest BCUT2D eigenvalue weighted by molar-refractivity contribution is 5.79. The van der Waals surface area contributed by atoms with Gasteiger partial charge in [-0.3, -0.25) is 9.69 Å². The largest absolute Gasteiger partial charge is 0.300 e. The Labute approximate surface area is 93.0 Å². The van der Waals surface area contributed by atoms with E-state index in [-0.39, 0.29) is 0 Å². The highest BCUT2D eigenvalue weighted by Gasteiger charge is 2.32. The predicted molar refractivity (Wildman–Crippen MR) is 61.8 cm³/mol. The van der Waals surface area contributed by atoms with Gasteiger partial charge in [0.1, 0.15) is 5.78 Å². The lowest BCUT2D eigenvalue weighted by Gasteiger charge is -2.39. The van der Waals surface area contributed by atoms with Gasteiger partial charge in [-0.1, -0.05) is 19.8 Å². The van der Waals surface area contributed by atoms with Crippen molar-refractivity contribution in [2.45, 2.75) is 64.5 Å². The van der Waals surface area contributed by atoms with Crippen molar-refractivity contribution in [3.05, 3.63) is 0 Å². The van der Waals surface area contributed by atoms with Gasteiger partial charge in [-0.2, -0.15) is 0 Å². The van der Waals surface area contributed by atoms with Crippen LogP contribution in [-0.4, -0.2) is 29.3 Å². The third-order valence-electron chi connectivity index (χ3n) is 3.98. The first kappa shape index (κ1) is 11.1. The summed E-state index contributed by atoms with van der Waals surface area (Å²) < 4.78 is 0. The Kier molecular flexibility index (Phi) is 3.45. The number of carbonyl (C=O) groups is 1. The van der Waals surface area contributed by atoms with Gasteiger partial charge in [0.25, 0.3) is 0 Å². The van der Waals surface area contributed by atoms with Crippen LogP contribution in [0.5, 0.6) is 0 Å². The highest BCUT2D eigenvalue weighted by Crippen LogP contribution is 2.36. The SMILES string of the molecule is CCC(CC1CC1)N1CCC(=O)CC1C. The second-order valence-electron chi connectivity index (χ2n) is 5.32. The molecule has 0 spiro atoms. The molecule has 0 radical (unpaired) electrons. The van der Waals surface area contributed by atoms with Crippen LogP contribution in [0, 0.1) is 5.92 Å². The van der Waals surface area contributed by atoms with Crippen molar-refractivity contribution in [2.24, 2.45) is 5.92 Å². The van der Waals surface area contributed by atoms with Crippen molar-refractivity contribution in [3.63, 3.8) is 0 Å².